The third kappa shape index (κ3) is 5.27. The molecular formula is C26H29F2N3O4S2. The maximum absolute atomic E-state index is 13.8. The zero-order chi connectivity index (χ0) is 26.3. The summed E-state index contributed by atoms with van der Waals surface area (Å²) in [6, 6.07) is 6.67. The van der Waals surface area contributed by atoms with Gasteiger partial charge in [0.2, 0.25) is 15.9 Å². The van der Waals surface area contributed by atoms with Gasteiger partial charge >= 0.3 is 0 Å². The number of carbonyl (C=O) groups excluding carboxylic acids is 1. The van der Waals surface area contributed by atoms with E-state index >= 15 is 0 Å². The lowest BCUT2D eigenvalue weighted by molar-refractivity contribution is -0.123. The number of carbonyl (C=O) groups is 1. The van der Waals surface area contributed by atoms with Gasteiger partial charge in [0.05, 0.1) is 27.8 Å². The number of aryl methyl sites for hydroxylation is 2. The highest BCUT2D eigenvalue weighted by Crippen LogP contribution is 2.35. The van der Waals surface area contributed by atoms with E-state index in [4.69, 9.17) is 9.72 Å². The summed E-state index contributed by atoms with van der Waals surface area (Å²) in [5.41, 5.74) is 3.07. The second-order valence-corrected chi connectivity index (χ2v) is 12.7. The van der Waals surface area contributed by atoms with Crippen molar-refractivity contribution in [2.45, 2.75) is 50.5 Å². The molecule has 0 bridgehead atoms. The summed E-state index contributed by atoms with van der Waals surface area (Å²) < 4.78 is 61.0. The zero-order valence-corrected chi connectivity index (χ0v) is 22.4. The molecule has 1 aromatic heterocycles. The predicted molar refractivity (Wildman–Crippen MR) is 138 cm³/mol. The number of hydrogen-bond donors (Lipinski definition) is 0. The Morgan fingerprint density at radius 3 is 2.57 bits per heavy atom. The van der Waals surface area contributed by atoms with Crippen LogP contribution in [0.4, 0.5) is 13.9 Å². The van der Waals surface area contributed by atoms with Crippen molar-refractivity contribution in [1.82, 2.24) is 9.29 Å². The Hall–Kier alpha value is -2.47. The Labute approximate surface area is 219 Å². The second-order valence-electron chi connectivity index (χ2n) is 9.76. The number of nitrogens with zero attached hydrogens (tertiary/aromatic N) is 3. The van der Waals surface area contributed by atoms with E-state index in [0.717, 1.165) is 46.3 Å². The van der Waals surface area contributed by atoms with E-state index in [2.05, 4.69) is 6.07 Å². The highest BCUT2D eigenvalue weighted by atomic mass is 32.2. The number of aromatic nitrogens is 1. The molecule has 198 valence electrons. The molecule has 0 saturated carbocycles. The highest BCUT2D eigenvalue weighted by Gasteiger charge is 2.36. The number of fused-ring (bicyclic) bond motifs is 1. The monoisotopic (exact) mass is 549 g/mol. The molecule has 0 radical (unpaired) electrons. The fourth-order valence-electron chi connectivity index (χ4n) is 5.08. The third-order valence-corrected chi connectivity index (χ3v) is 10.2. The van der Waals surface area contributed by atoms with Crippen LogP contribution in [0.25, 0.3) is 10.2 Å². The van der Waals surface area contributed by atoms with Crippen LogP contribution >= 0.6 is 11.3 Å². The Morgan fingerprint density at radius 1 is 1.14 bits per heavy atom. The van der Waals surface area contributed by atoms with E-state index in [1.54, 1.807) is 4.90 Å². The van der Waals surface area contributed by atoms with Gasteiger partial charge < -0.3 is 4.74 Å². The fourth-order valence-corrected chi connectivity index (χ4v) is 7.60. The first-order chi connectivity index (χ1) is 17.6. The lowest BCUT2D eigenvalue weighted by Gasteiger charge is -2.33. The SMILES string of the molecule is Cc1cc(C)c2sc(N(CC3CCCO3)C(=O)C3CCN(S(=O)(=O)c4ccc(F)c(F)c4)CC3)nc2c1. The Balaban J connectivity index is 1.35. The smallest absolute Gasteiger partial charge is 0.243 e. The van der Waals surface area contributed by atoms with Crippen LogP contribution in [0.15, 0.2) is 35.2 Å². The number of halogens is 2. The maximum Gasteiger partial charge on any atom is 0.243 e. The summed E-state index contributed by atoms with van der Waals surface area (Å²) in [7, 11) is -4.00. The minimum atomic E-state index is -4.00. The molecular weight excluding hydrogens is 520 g/mol. The first-order valence-corrected chi connectivity index (χ1v) is 14.6. The quantitative estimate of drug-likeness (QED) is 0.441. The summed E-state index contributed by atoms with van der Waals surface area (Å²) in [5, 5.41) is 0.626. The van der Waals surface area contributed by atoms with Crippen LogP contribution in [0.2, 0.25) is 0 Å². The molecule has 3 heterocycles. The molecule has 5 rings (SSSR count). The van der Waals surface area contributed by atoms with Gasteiger partial charge in [0.15, 0.2) is 16.8 Å². The van der Waals surface area contributed by atoms with Gasteiger partial charge in [-0.15, -0.1) is 0 Å². The number of thiazole rings is 1. The molecule has 2 saturated heterocycles. The number of benzene rings is 2. The lowest BCUT2D eigenvalue weighted by Crippen LogP contribution is -2.46. The molecule has 2 aliphatic heterocycles. The number of rotatable bonds is 6. The van der Waals surface area contributed by atoms with Gasteiger partial charge in [-0.2, -0.15) is 4.31 Å². The summed E-state index contributed by atoms with van der Waals surface area (Å²) in [6.45, 7) is 5.36. The van der Waals surface area contributed by atoms with E-state index < -0.39 is 21.7 Å². The number of amides is 1. The van der Waals surface area contributed by atoms with Crippen LogP contribution in [-0.2, 0) is 19.6 Å². The molecule has 2 aliphatic rings. The number of hydrogen-bond acceptors (Lipinski definition) is 6. The van der Waals surface area contributed by atoms with Crippen LogP contribution in [-0.4, -0.2) is 56.0 Å². The first kappa shape index (κ1) is 26.1. The summed E-state index contributed by atoms with van der Waals surface area (Å²) >= 11 is 1.49. The van der Waals surface area contributed by atoms with Crippen LogP contribution in [0.1, 0.15) is 36.8 Å². The van der Waals surface area contributed by atoms with Crippen LogP contribution in [0.5, 0.6) is 0 Å². The normalized spacial score (nSPS) is 19.5. The van der Waals surface area contributed by atoms with Gasteiger partial charge in [-0.1, -0.05) is 17.4 Å². The topological polar surface area (TPSA) is 79.8 Å². The minimum absolute atomic E-state index is 0.0624. The summed E-state index contributed by atoms with van der Waals surface area (Å²) in [5.74, 6) is -2.78. The van der Waals surface area contributed by atoms with Crippen LogP contribution < -0.4 is 4.90 Å². The van der Waals surface area contributed by atoms with Crippen LogP contribution in [0.3, 0.4) is 0 Å². The largest absolute Gasteiger partial charge is 0.376 e. The van der Waals surface area contributed by atoms with Crippen molar-refractivity contribution >= 4 is 42.6 Å². The van der Waals surface area contributed by atoms with Crippen LogP contribution in [0, 0.1) is 31.4 Å². The van der Waals surface area contributed by atoms with E-state index in [0.29, 0.717) is 37.2 Å². The van der Waals surface area contributed by atoms with Gasteiger partial charge in [0, 0.05) is 25.6 Å². The van der Waals surface area contributed by atoms with E-state index in [1.807, 2.05) is 19.9 Å². The van der Waals surface area contributed by atoms with Crippen molar-refractivity contribution in [1.29, 1.82) is 0 Å². The minimum Gasteiger partial charge on any atom is -0.376 e. The maximum atomic E-state index is 13.8. The number of sulfonamides is 1. The summed E-state index contributed by atoms with van der Waals surface area (Å²) in [6.07, 6.45) is 2.41. The number of anilines is 1. The van der Waals surface area contributed by atoms with E-state index in [1.165, 1.54) is 15.6 Å². The highest BCUT2D eigenvalue weighted by molar-refractivity contribution is 7.89. The van der Waals surface area contributed by atoms with Crippen molar-refractivity contribution in [2.24, 2.45) is 5.92 Å². The van der Waals surface area contributed by atoms with E-state index in [9.17, 15) is 22.0 Å². The van der Waals surface area contributed by atoms with Gasteiger partial charge in [-0.05, 0) is 74.9 Å². The first-order valence-electron chi connectivity index (χ1n) is 12.4. The molecule has 3 aromatic rings. The molecule has 2 fully saturated rings. The molecule has 37 heavy (non-hydrogen) atoms. The second kappa shape index (κ2) is 10.4. The molecule has 0 aliphatic carbocycles. The van der Waals surface area contributed by atoms with Crippen molar-refractivity contribution in [3.05, 3.63) is 53.1 Å². The Morgan fingerprint density at radius 2 is 1.89 bits per heavy atom. The molecule has 1 unspecified atom stereocenters. The number of piperidine rings is 1. The number of ether oxygens (including phenoxy) is 1. The van der Waals surface area contributed by atoms with Crippen molar-refractivity contribution in [3.63, 3.8) is 0 Å². The molecule has 0 spiro atoms. The summed E-state index contributed by atoms with van der Waals surface area (Å²) in [4.78, 5) is 20.0. The standard InChI is InChI=1S/C26H29F2N3O4S2/c1-16-12-17(2)24-23(13-16)29-26(36-24)31(15-19-4-3-11-35-19)25(32)18-7-9-30(10-8-18)37(33,34)20-5-6-21(27)22(28)14-20/h5-6,12-14,18-19H,3-4,7-11,15H2,1-2H3. The van der Waals surface area contributed by atoms with Crippen molar-refractivity contribution in [3.8, 4) is 0 Å². The average Bonchev–Trinajstić information content (AvgIpc) is 3.54. The van der Waals surface area contributed by atoms with Crippen molar-refractivity contribution in [2.75, 3.05) is 31.1 Å². The average molecular weight is 550 g/mol. The van der Waals surface area contributed by atoms with Gasteiger partial charge in [0.25, 0.3) is 0 Å². The third-order valence-electron chi connectivity index (χ3n) is 7.05. The molecule has 11 heteroatoms. The van der Waals surface area contributed by atoms with Gasteiger partial charge in [-0.3, -0.25) is 9.69 Å². The molecule has 0 N–H and O–H groups in total. The zero-order valence-electron chi connectivity index (χ0n) is 20.7. The van der Waals surface area contributed by atoms with Crippen molar-refractivity contribution < 1.29 is 26.7 Å². The lowest BCUT2D eigenvalue weighted by atomic mass is 9.96. The Kier molecular flexibility index (Phi) is 7.32. The molecule has 2 aromatic carbocycles. The molecule has 1 amide bonds. The Bertz CT molecular complexity index is 1430. The molecule has 1 atom stereocenters. The molecule has 7 nitrogen and oxygen atoms in total. The predicted octanol–water partition coefficient (Wildman–Crippen LogP) is 4.80. The van der Waals surface area contributed by atoms with Gasteiger partial charge in [-0.25, -0.2) is 22.2 Å². The van der Waals surface area contributed by atoms with Gasteiger partial charge in [0.1, 0.15) is 0 Å². The van der Waals surface area contributed by atoms with E-state index in [-0.39, 0.29) is 35.9 Å². The fraction of sp³-hybridized carbons (Fsp3) is 0.462.